The fourth-order valence-electron chi connectivity index (χ4n) is 3.01. The van der Waals surface area contributed by atoms with Crippen LogP contribution in [0.3, 0.4) is 0 Å². The molecular weight excluding hydrogens is 310 g/mol. The van der Waals surface area contributed by atoms with Crippen LogP contribution >= 0.6 is 0 Å². The number of carbonyl (C=O) groups is 2. The molecule has 130 valence electrons. The van der Waals surface area contributed by atoms with Crippen LogP contribution in [0.2, 0.25) is 0 Å². The van der Waals surface area contributed by atoms with E-state index in [1.807, 2.05) is 0 Å². The highest BCUT2D eigenvalue weighted by Crippen LogP contribution is 2.16. The zero-order chi connectivity index (χ0) is 16.9. The summed E-state index contributed by atoms with van der Waals surface area (Å²) < 4.78 is 4.99. The highest BCUT2D eigenvalue weighted by Gasteiger charge is 2.26. The van der Waals surface area contributed by atoms with Crippen molar-refractivity contribution in [2.24, 2.45) is 0 Å². The van der Waals surface area contributed by atoms with Gasteiger partial charge in [0.1, 0.15) is 5.69 Å². The Morgan fingerprint density at radius 1 is 1.08 bits per heavy atom. The predicted molar refractivity (Wildman–Crippen MR) is 88.0 cm³/mol. The third-order valence-electron chi connectivity index (χ3n) is 4.34. The lowest BCUT2D eigenvalue weighted by atomic mass is 10.3. The molecule has 0 saturated carbocycles. The van der Waals surface area contributed by atoms with Crippen molar-refractivity contribution >= 4 is 17.9 Å². The number of piperazine rings is 1. The van der Waals surface area contributed by atoms with Crippen LogP contribution in [0.1, 0.15) is 30.3 Å². The Balaban J connectivity index is 1.61. The highest BCUT2D eigenvalue weighted by molar-refractivity contribution is 5.92. The van der Waals surface area contributed by atoms with Crippen molar-refractivity contribution in [2.75, 3.05) is 50.8 Å². The molecule has 0 bridgehead atoms. The number of carbonyl (C=O) groups excluding carboxylic acids is 2. The van der Waals surface area contributed by atoms with Crippen LogP contribution < -0.4 is 4.90 Å². The minimum atomic E-state index is -0.317. The second kappa shape index (κ2) is 7.46. The predicted octanol–water partition coefficient (Wildman–Crippen LogP) is 0.991. The number of nitrogens with zero attached hydrogens (tertiary/aromatic N) is 5. The Hall–Kier alpha value is -2.38. The standard InChI is InChI=1S/C16H23N5O3/c1-2-24-16(23)21-11-9-19(10-12-21)14(22)13-5-6-17-15(18-13)20-7-3-4-8-20/h5-6H,2-4,7-12H2,1H3. The maximum absolute atomic E-state index is 12.7. The molecular formula is C16H23N5O3. The summed E-state index contributed by atoms with van der Waals surface area (Å²) in [6.45, 7) is 5.96. The van der Waals surface area contributed by atoms with Gasteiger partial charge < -0.3 is 19.4 Å². The van der Waals surface area contributed by atoms with E-state index in [1.165, 1.54) is 0 Å². The molecule has 3 heterocycles. The Kier molecular flexibility index (Phi) is 5.12. The summed E-state index contributed by atoms with van der Waals surface area (Å²) in [7, 11) is 0. The van der Waals surface area contributed by atoms with Crippen LogP contribution in [-0.4, -0.2) is 77.6 Å². The summed E-state index contributed by atoms with van der Waals surface area (Å²) in [5.74, 6) is 0.518. The van der Waals surface area contributed by atoms with Crippen molar-refractivity contribution in [3.8, 4) is 0 Å². The van der Waals surface area contributed by atoms with Gasteiger partial charge in [0.25, 0.3) is 5.91 Å². The number of aromatic nitrogens is 2. The van der Waals surface area contributed by atoms with E-state index in [0.717, 1.165) is 25.9 Å². The lowest BCUT2D eigenvalue weighted by Gasteiger charge is -2.33. The quantitative estimate of drug-likeness (QED) is 0.821. The molecule has 0 aliphatic carbocycles. The molecule has 0 N–H and O–H groups in total. The van der Waals surface area contributed by atoms with Crippen LogP contribution in [-0.2, 0) is 4.74 Å². The third-order valence-corrected chi connectivity index (χ3v) is 4.34. The van der Waals surface area contributed by atoms with Crippen LogP contribution in [0.15, 0.2) is 12.3 Å². The van der Waals surface area contributed by atoms with E-state index < -0.39 is 0 Å². The minimum Gasteiger partial charge on any atom is -0.450 e. The molecule has 2 fully saturated rings. The van der Waals surface area contributed by atoms with E-state index in [9.17, 15) is 9.59 Å². The van der Waals surface area contributed by atoms with Gasteiger partial charge in [0.05, 0.1) is 6.61 Å². The van der Waals surface area contributed by atoms with Gasteiger partial charge in [-0.25, -0.2) is 14.8 Å². The van der Waals surface area contributed by atoms with E-state index in [-0.39, 0.29) is 12.0 Å². The lowest BCUT2D eigenvalue weighted by Crippen LogP contribution is -2.50. The monoisotopic (exact) mass is 333 g/mol. The van der Waals surface area contributed by atoms with Crippen LogP contribution in [0.4, 0.5) is 10.7 Å². The smallest absolute Gasteiger partial charge is 0.409 e. The summed E-state index contributed by atoms with van der Waals surface area (Å²) in [5.41, 5.74) is 0.413. The van der Waals surface area contributed by atoms with Crippen molar-refractivity contribution in [2.45, 2.75) is 19.8 Å². The van der Waals surface area contributed by atoms with Crippen molar-refractivity contribution in [1.82, 2.24) is 19.8 Å². The maximum atomic E-state index is 12.7. The van der Waals surface area contributed by atoms with Crippen molar-refractivity contribution in [3.63, 3.8) is 0 Å². The molecule has 2 aliphatic rings. The third kappa shape index (κ3) is 3.58. The second-order valence-corrected chi connectivity index (χ2v) is 5.91. The Labute approximate surface area is 141 Å². The van der Waals surface area contributed by atoms with Gasteiger partial charge in [0, 0.05) is 45.5 Å². The highest BCUT2D eigenvalue weighted by atomic mass is 16.6. The maximum Gasteiger partial charge on any atom is 0.409 e. The van der Waals surface area contributed by atoms with E-state index in [2.05, 4.69) is 14.9 Å². The molecule has 0 radical (unpaired) electrons. The lowest BCUT2D eigenvalue weighted by molar-refractivity contribution is 0.0566. The summed E-state index contributed by atoms with van der Waals surface area (Å²) in [6, 6.07) is 1.65. The Bertz CT molecular complexity index is 595. The van der Waals surface area contributed by atoms with Gasteiger partial charge in [0.2, 0.25) is 5.95 Å². The average molecular weight is 333 g/mol. The molecule has 2 aliphatic heterocycles. The molecule has 8 nitrogen and oxygen atoms in total. The molecule has 0 atom stereocenters. The van der Waals surface area contributed by atoms with E-state index in [4.69, 9.17) is 4.74 Å². The van der Waals surface area contributed by atoms with Crippen LogP contribution in [0.25, 0.3) is 0 Å². The molecule has 3 rings (SSSR count). The number of amides is 2. The zero-order valence-electron chi connectivity index (χ0n) is 14.0. The fraction of sp³-hybridized carbons (Fsp3) is 0.625. The van der Waals surface area contributed by atoms with Crippen LogP contribution in [0.5, 0.6) is 0 Å². The first-order valence-corrected chi connectivity index (χ1v) is 8.48. The minimum absolute atomic E-state index is 0.110. The summed E-state index contributed by atoms with van der Waals surface area (Å²) in [4.78, 5) is 38.5. The molecule has 1 aromatic rings. The number of ether oxygens (including phenoxy) is 1. The molecule has 2 amide bonds. The van der Waals surface area contributed by atoms with E-state index >= 15 is 0 Å². The Morgan fingerprint density at radius 2 is 1.75 bits per heavy atom. The van der Waals surface area contributed by atoms with E-state index in [0.29, 0.717) is 44.4 Å². The first-order chi connectivity index (χ1) is 11.7. The first kappa shape index (κ1) is 16.5. The summed E-state index contributed by atoms with van der Waals surface area (Å²) in [6.07, 6.45) is 3.60. The van der Waals surface area contributed by atoms with Crippen molar-refractivity contribution < 1.29 is 14.3 Å². The SMILES string of the molecule is CCOC(=O)N1CCN(C(=O)c2ccnc(N3CCCC3)n2)CC1. The average Bonchev–Trinajstić information content (AvgIpc) is 3.16. The molecule has 2 saturated heterocycles. The fourth-order valence-corrected chi connectivity index (χ4v) is 3.01. The van der Waals surface area contributed by atoms with Crippen molar-refractivity contribution in [3.05, 3.63) is 18.0 Å². The normalized spacial score (nSPS) is 18.0. The van der Waals surface area contributed by atoms with E-state index in [1.54, 1.807) is 29.0 Å². The van der Waals surface area contributed by atoms with Gasteiger partial charge >= 0.3 is 6.09 Å². The van der Waals surface area contributed by atoms with Gasteiger partial charge in [0.15, 0.2) is 0 Å². The molecule has 0 spiro atoms. The number of hydrogen-bond acceptors (Lipinski definition) is 6. The Morgan fingerprint density at radius 3 is 2.42 bits per heavy atom. The summed E-state index contributed by atoms with van der Waals surface area (Å²) in [5, 5.41) is 0. The first-order valence-electron chi connectivity index (χ1n) is 8.48. The second-order valence-electron chi connectivity index (χ2n) is 5.91. The number of rotatable bonds is 3. The largest absolute Gasteiger partial charge is 0.450 e. The van der Waals surface area contributed by atoms with Gasteiger partial charge in [-0.3, -0.25) is 4.79 Å². The van der Waals surface area contributed by atoms with Gasteiger partial charge in [-0.2, -0.15) is 0 Å². The number of hydrogen-bond donors (Lipinski definition) is 0. The van der Waals surface area contributed by atoms with Crippen molar-refractivity contribution in [1.29, 1.82) is 0 Å². The molecule has 1 aromatic heterocycles. The molecule has 8 heteroatoms. The zero-order valence-corrected chi connectivity index (χ0v) is 14.0. The summed E-state index contributed by atoms with van der Waals surface area (Å²) >= 11 is 0. The van der Waals surface area contributed by atoms with Gasteiger partial charge in [-0.05, 0) is 25.8 Å². The molecule has 24 heavy (non-hydrogen) atoms. The van der Waals surface area contributed by atoms with Crippen LogP contribution in [0, 0.1) is 0 Å². The molecule has 0 aromatic carbocycles. The topological polar surface area (TPSA) is 78.9 Å². The number of anilines is 1. The van der Waals surface area contributed by atoms with Gasteiger partial charge in [-0.1, -0.05) is 0 Å². The molecule has 0 unspecified atom stereocenters. The van der Waals surface area contributed by atoms with Gasteiger partial charge in [-0.15, -0.1) is 0 Å².